The minimum atomic E-state index is -0.849. The Bertz CT molecular complexity index is 331. The summed E-state index contributed by atoms with van der Waals surface area (Å²) >= 11 is 0. The molecule has 1 atom stereocenters. The van der Waals surface area contributed by atoms with Crippen molar-refractivity contribution in [3.05, 3.63) is 35.1 Å². The highest BCUT2D eigenvalue weighted by molar-refractivity contribution is 5.30. The van der Waals surface area contributed by atoms with Gasteiger partial charge in [-0.15, -0.1) is 0 Å². The Labute approximate surface area is 83.6 Å². The van der Waals surface area contributed by atoms with Crippen LogP contribution < -0.4 is 5.73 Å². The number of hydrogen-bond donors (Lipinski definition) is 2. The van der Waals surface area contributed by atoms with E-state index in [1.807, 2.05) is 6.92 Å². The van der Waals surface area contributed by atoms with Crippen molar-refractivity contribution in [2.75, 3.05) is 0 Å². The molecule has 0 radical (unpaired) electrons. The van der Waals surface area contributed by atoms with Crippen LogP contribution >= 0.6 is 0 Å². The zero-order chi connectivity index (χ0) is 10.9. The highest BCUT2D eigenvalue weighted by Gasteiger charge is 2.25. The van der Waals surface area contributed by atoms with Crippen molar-refractivity contribution in [1.29, 1.82) is 0 Å². The summed E-state index contributed by atoms with van der Waals surface area (Å²) in [7, 11) is 0. The monoisotopic (exact) mass is 197 g/mol. The zero-order valence-corrected chi connectivity index (χ0v) is 8.71. The van der Waals surface area contributed by atoms with E-state index in [-0.39, 0.29) is 5.82 Å². The molecule has 0 saturated heterocycles. The maximum atomic E-state index is 12.9. The molecular weight excluding hydrogens is 181 g/mol. The van der Waals surface area contributed by atoms with E-state index in [0.29, 0.717) is 5.56 Å². The summed E-state index contributed by atoms with van der Waals surface area (Å²) in [6.45, 7) is 5.24. The summed E-state index contributed by atoms with van der Waals surface area (Å²) in [5.41, 5.74) is 6.39. The van der Waals surface area contributed by atoms with E-state index in [1.54, 1.807) is 19.9 Å². The van der Waals surface area contributed by atoms with E-state index in [1.165, 1.54) is 12.1 Å². The molecule has 0 aliphatic carbocycles. The van der Waals surface area contributed by atoms with Crippen LogP contribution in [0.25, 0.3) is 0 Å². The molecule has 1 unspecified atom stereocenters. The fourth-order valence-electron chi connectivity index (χ4n) is 1.31. The Hall–Kier alpha value is -0.930. The Balaban J connectivity index is 3.12. The van der Waals surface area contributed by atoms with Crippen LogP contribution in [0.1, 0.15) is 31.1 Å². The average Bonchev–Trinajstić information content (AvgIpc) is 2.06. The first-order valence-corrected chi connectivity index (χ1v) is 4.55. The summed E-state index contributed by atoms with van der Waals surface area (Å²) in [4.78, 5) is 0. The van der Waals surface area contributed by atoms with E-state index in [4.69, 9.17) is 5.73 Å². The van der Waals surface area contributed by atoms with Crippen LogP contribution in [0.5, 0.6) is 0 Å². The number of hydrogen-bond acceptors (Lipinski definition) is 2. The molecule has 14 heavy (non-hydrogen) atoms. The largest absolute Gasteiger partial charge is 0.386 e. The second kappa shape index (κ2) is 3.67. The molecule has 1 rings (SSSR count). The third kappa shape index (κ3) is 2.30. The fourth-order valence-corrected chi connectivity index (χ4v) is 1.31. The number of aliphatic hydroxyl groups excluding tert-OH is 1. The molecule has 0 fully saturated rings. The number of halogens is 1. The minimum Gasteiger partial charge on any atom is -0.386 e. The molecule has 0 bridgehead atoms. The van der Waals surface area contributed by atoms with Gasteiger partial charge in [-0.25, -0.2) is 4.39 Å². The highest BCUT2D eigenvalue weighted by Crippen LogP contribution is 2.26. The first kappa shape index (κ1) is 11.1. The minimum absolute atomic E-state index is 0.353. The lowest BCUT2D eigenvalue weighted by Crippen LogP contribution is -2.39. The number of aryl methyl sites for hydroxylation is 1. The standard InChI is InChI=1S/C11H16FNO/c1-7-4-5-8(12)6-9(7)10(14)11(2,3)13/h4-6,10,14H,13H2,1-3H3. The van der Waals surface area contributed by atoms with Gasteiger partial charge in [-0.3, -0.25) is 0 Å². The van der Waals surface area contributed by atoms with Crippen molar-refractivity contribution >= 4 is 0 Å². The van der Waals surface area contributed by atoms with E-state index >= 15 is 0 Å². The predicted octanol–water partition coefficient (Wildman–Crippen LogP) is 1.90. The summed E-state index contributed by atoms with van der Waals surface area (Å²) in [5.74, 6) is -0.353. The maximum Gasteiger partial charge on any atom is 0.123 e. The predicted molar refractivity (Wildman–Crippen MR) is 54.4 cm³/mol. The topological polar surface area (TPSA) is 46.2 Å². The van der Waals surface area contributed by atoms with Crippen LogP contribution in [0.4, 0.5) is 4.39 Å². The number of nitrogens with two attached hydrogens (primary N) is 1. The smallest absolute Gasteiger partial charge is 0.123 e. The molecule has 0 heterocycles. The molecule has 0 amide bonds. The van der Waals surface area contributed by atoms with Crippen LogP contribution in [-0.4, -0.2) is 10.6 Å². The second-order valence-electron chi connectivity index (χ2n) is 4.22. The highest BCUT2D eigenvalue weighted by atomic mass is 19.1. The van der Waals surface area contributed by atoms with E-state index in [9.17, 15) is 9.50 Å². The summed E-state index contributed by atoms with van der Waals surface area (Å²) in [5, 5.41) is 9.87. The first-order chi connectivity index (χ1) is 6.32. The van der Waals surface area contributed by atoms with Crippen LogP contribution in [0.3, 0.4) is 0 Å². The first-order valence-electron chi connectivity index (χ1n) is 4.55. The maximum absolute atomic E-state index is 12.9. The molecule has 0 aliphatic heterocycles. The Morgan fingerprint density at radius 1 is 1.43 bits per heavy atom. The van der Waals surface area contributed by atoms with Crippen molar-refractivity contribution in [3.8, 4) is 0 Å². The van der Waals surface area contributed by atoms with Crippen LogP contribution in [0.2, 0.25) is 0 Å². The van der Waals surface area contributed by atoms with Crippen molar-refractivity contribution < 1.29 is 9.50 Å². The Morgan fingerprint density at radius 2 is 2.00 bits per heavy atom. The molecular formula is C11H16FNO. The van der Waals surface area contributed by atoms with Gasteiger partial charge in [-0.05, 0) is 44.0 Å². The van der Waals surface area contributed by atoms with Gasteiger partial charge in [-0.1, -0.05) is 6.07 Å². The molecule has 0 spiro atoms. The Morgan fingerprint density at radius 3 is 2.50 bits per heavy atom. The third-order valence-corrected chi connectivity index (χ3v) is 2.24. The van der Waals surface area contributed by atoms with Gasteiger partial charge in [0.05, 0.1) is 6.10 Å². The lowest BCUT2D eigenvalue weighted by Gasteiger charge is -2.27. The summed E-state index contributed by atoms with van der Waals surface area (Å²) in [6, 6.07) is 4.34. The molecule has 2 nitrogen and oxygen atoms in total. The van der Waals surface area contributed by atoms with Gasteiger partial charge in [0.1, 0.15) is 5.82 Å². The Kier molecular flexibility index (Phi) is 2.92. The van der Waals surface area contributed by atoms with Gasteiger partial charge in [0.25, 0.3) is 0 Å². The van der Waals surface area contributed by atoms with Crippen molar-refractivity contribution in [1.82, 2.24) is 0 Å². The van der Waals surface area contributed by atoms with Crippen molar-refractivity contribution in [3.63, 3.8) is 0 Å². The van der Waals surface area contributed by atoms with E-state index in [0.717, 1.165) is 5.56 Å². The quantitative estimate of drug-likeness (QED) is 0.760. The lowest BCUT2D eigenvalue weighted by atomic mass is 9.90. The third-order valence-electron chi connectivity index (χ3n) is 2.24. The average molecular weight is 197 g/mol. The van der Waals surface area contributed by atoms with E-state index < -0.39 is 11.6 Å². The molecule has 1 aromatic carbocycles. The van der Waals surface area contributed by atoms with Crippen LogP contribution in [0.15, 0.2) is 18.2 Å². The van der Waals surface area contributed by atoms with E-state index in [2.05, 4.69) is 0 Å². The lowest BCUT2D eigenvalue weighted by molar-refractivity contribution is 0.104. The van der Waals surface area contributed by atoms with Crippen LogP contribution in [0, 0.1) is 12.7 Å². The van der Waals surface area contributed by atoms with Gasteiger partial charge < -0.3 is 10.8 Å². The summed E-state index contributed by atoms with van der Waals surface area (Å²) in [6.07, 6.45) is -0.849. The van der Waals surface area contributed by atoms with Gasteiger partial charge >= 0.3 is 0 Å². The fraction of sp³-hybridized carbons (Fsp3) is 0.455. The molecule has 78 valence electrons. The van der Waals surface area contributed by atoms with Gasteiger partial charge in [-0.2, -0.15) is 0 Å². The number of rotatable bonds is 2. The molecule has 0 aliphatic rings. The zero-order valence-electron chi connectivity index (χ0n) is 8.71. The molecule has 3 heteroatoms. The van der Waals surface area contributed by atoms with Crippen LogP contribution in [-0.2, 0) is 0 Å². The second-order valence-corrected chi connectivity index (χ2v) is 4.22. The molecule has 3 N–H and O–H groups in total. The summed E-state index contributed by atoms with van der Waals surface area (Å²) < 4.78 is 12.9. The normalized spacial score (nSPS) is 14.1. The number of benzene rings is 1. The van der Waals surface area contributed by atoms with Gasteiger partial charge in [0, 0.05) is 5.54 Å². The van der Waals surface area contributed by atoms with Crippen molar-refractivity contribution in [2.45, 2.75) is 32.4 Å². The number of aliphatic hydroxyl groups is 1. The van der Waals surface area contributed by atoms with Gasteiger partial charge in [0.2, 0.25) is 0 Å². The van der Waals surface area contributed by atoms with Gasteiger partial charge in [0.15, 0.2) is 0 Å². The molecule has 0 saturated carbocycles. The molecule has 0 aromatic heterocycles. The molecule has 1 aromatic rings. The SMILES string of the molecule is Cc1ccc(F)cc1C(O)C(C)(C)N. The van der Waals surface area contributed by atoms with Crippen molar-refractivity contribution in [2.24, 2.45) is 5.73 Å².